The Morgan fingerprint density at radius 2 is 1.85 bits per heavy atom. The molecule has 4 rings (SSSR count). The number of amides is 1. The van der Waals surface area contributed by atoms with Crippen molar-refractivity contribution in [2.45, 2.75) is 13.1 Å². The van der Waals surface area contributed by atoms with E-state index in [2.05, 4.69) is 52.3 Å². The highest BCUT2D eigenvalue weighted by Crippen LogP contribution is 2.21. The van der Waals surface area contributed by atoms with Gasteiger partial charge in [0.2, 0.25) is 0 Å². The minimum atomic E-state index is 0.0192. The van der Waals surface area contributed by atoms with Crippen LogP contribution >= 0.6 is 11.3 Å². The number of hydrogen-bond acceptors (Lipinski definition) is 5. The molecular weight excluding hydrogens is 344 g/mol. The van der Waals surface area contributed by atoms with Crippen molar-refractivity contribution in [3.63, 3.8) is 0 Å². The Labute approximate surface area is 157 Å². The van der Waals surface area contributed by atoms with Gasteiger partial charge in [-0.15, -0.1) is 11.3 Å². The maximum atomic E-state index is 12.6. The number of nitrogens with two attached hydrogens (primary N) is 1. The zero-order valence-corrected chi connectivity index (χ0v) is 15.4. The van der Waals surface area contributed by atoms with Crippen molar-refractivity contribution in [2.75, 3.05) is 26.2 Å². The Morgan fingerprint density at radius 3 is 2.62 bits per heavy atom. The average molecular weight is 366 g/mol. The summed E-state index contributed by atoms with van der Waals surface area (Å²) in [6.07, 6.45) is 0. The molecule has 2 N–H and O–H groups in total. The molecule has 3 aromatic rings. The first kappa shape index (κ1) is 17.1. The van der Waals surface area contributed by atoms with Crippen molar-refractivity contribution in [3.8, 4) is 0 Å². The van der Waals surface area contributed by atoms with Gasteiger partial charge in [0, 0.05) is 44.6 Å². The summed E-state index contributed by atoms with van der Waals surface area (Å²) in [7, 11) is 0. The van der Waals surface area contributed by atoms with Gasteiger partial charge in [-0.05, 0) is 16.3 Å². The number of nitrogens with zero attached hydrogens (tertiary/aromatic N) is 3. The molecule has 1 aliphatic rings. The van der Waals surface area contributed by atoms with E-state index in [4.69, 9.17) is 5.73 Å². The molecule has 0 atom stereocenters. The van der Waals surface area contributed by atoms with Gasteiger partial charge in [-0.3, -0.25) is 9.69 Å². The molecule has 1 amide bonds. The number of fused-ring (bicyclic) bond motifs is 1. The maximum absolute atomic E-state index is 12.6. The number of thiazole rings is 1. The molecule has 5 nitrogen and oxygen atoms in total. The third-order valence-corrected chi connectivity index (χ3v) is 5.75. The second-order valence-electron chi connectivity index (χ2n) is 6.54. The van der Waals surface area contributed by atoms with E-state index in [1.807, 2.05) is 10.3 Å². The van der Waals surface area contributed by atoms with Gasteiger partial charge in [-0.1, -0.05) is 42.5 Å². The number of aromatic nitrogens is 1. The minimum Gasteiger partial charge on any atom is -0.335 e. The Kier molecular flexibility index (Phi) is 4.97. The lowest BCUT2D eigenvalue weighted by atomic mass is 10.0. The average Bonchev–Trinajstić information content (AvgIpc) is 3.18. The van der Waals surface area contributed by atoms with Crippen molar-refractivity contribution in [3.05, 3.63) is 64.1 Å². The highest BCUT2D eigenvalue weighted by atomic mass is 32.1. The number of benzene rings is 2. The van der Waals surface area contributed by atoms with Crippen LogP contribution in [-0.2, 0) is 13.1 Å². The van der Waals surface area contributed by atoms with Gasteiger partial charge in [0.15, 0.2) is 0 Å². The standard InChI is InChI=1S/C20H22N4OS/c21-12-19-22-18(14-26-19)20(25)24-10-8-23(9-11-24)13-16-6-3-5-15-4-1-2-7-17(15)16/h1-7,14H,8-13,21H2. The Bertz CT molecular complexity index is 910. The normalized spacial score (nSPS) is 15.5. The van der Waals surface area contributed by atoms with Gasteiger partial charge in [-0.25, -0.2) is 4.98 Å². The molecule has 0 saturated carbocycles. The fraction of sp³-hybridized carbons (Fsp3) is 0.300. The lowest BCUT2D eigenvalue weighted by Crippen LogP contribution is -2.48. The SMILES string of the molecule is NCc1nc(C(=O)N2CCN(Cc3cccc4ccccc34)CC2)cs1. The van der Waals surface area contributed by atoms with Crippen LogP contribution in [0.2, 0.25) is 0 Å². The van der Waals surface area contributed by atoms with E-state index in [1.54, 1.807) is 0 Å². The first-order valence-corrected chi connectivity index (χ1v) is 9.75. The number of piperazine rings is 1. The molecule has 1 fully saturated rings. The molecule has 6 heteroatoms. The molecule has 2 aromatic carbocycles. The van der Waals surface area contributed by atoms with E-state index in [0.717, 1.165) is 37.7 Å². The first-order valence-electron chi connectivity index (χ1n) is 8.87. The van der Waals surface area contributed by atoms with Crippen molar-refractivity contribution in [1.29, 1.82) is 0 Å². The van der Waals surface area contributed by atoms with Crippen molar-refractivity contribution >= 4 is 28.0 Å². The number of rotatable bonds is 4. The van der Waals surface area contributed by atoms with Crippen LogP contribution in [0.25, 0.3) is 10.8 Å². The van der Waals surface area contributed by atoms with Gasteiger partial charge in [0.05, 0.1) is 0 Å². The van der Waals surface area contributed by atoms with Gasteiger partial charge in [-0.2, -0.15) is 0 Å². The predicted octanol–water partition coefficient (Wildman–Crippen LogP) is 2.71. The van der Waals surface area contributed by atoms with E-state index in [9.17, 15) is 4.79 Å². The zero-order chi connectivity index (χ0) is 17.9. The molecule has 0 aliphatic carbocycles. The molecule has 0 unspecified atom stereocenters. The Morgan fingerprint density at radius 1 is 1.08 bits per heavy atom. The third kappa shape index (κ3) is 3.49. The molecule has 134 valence electrons. The van der Waals surface area contributed by atoms with Crippen LogP contribution in [-0.4, -0.2) is 46.9 Å². The monoisotopic (exact) mass is 366 g/mol. The molecule has 1 aromatic heterocycles. The van der Waals surface area contributed by atoms with Crippen LogP contribution in [0.15, 0.2) is 47.8 Å². The van der Waals surface area contributed by atoms with Crippen LogP contribution in [0.4, 0.5) is 0 Å². The summed E-state index contributed by atoms with van der Waals surface area (Å²) >= 11 is 1.45. The lowest BCUT2D eigenvalue weighted by Gasteiger charge is -2.34. The highest BCUT2D eigenvalue weighted by molar-refractivity contribution is 7.09. The van der Waals surface area contributed by atoms with Crippen LogP contribution in [0, 0.1) is 0 Å². The summed E-state index contributed by atoms with van der Waals surface area (Å²) < 4.78 is 0. The molecule has 26 heavy (non-hydrogen) atoms. The van der Waals surface area contributed by atoms with Crippen LogP contribution < -0.4 is 5.73 Å². The van der Waals surface area contributed by atoms with Gasteiger partial charge in [0.25, 0.3) is 5.91 Å². The molecule has 1 aliphatic heterocycles. The van der Waals surface area contributed by atoms with E-state index in [-0.39, 0.29) is 5.91 Å². The highest BCUT2D eigenvalue weighted by Gasteiger charge is 2.24. The largest absolute Gasteiger partial charge is 0.335 e. The first-order chi connectivity index (χ1) is 12.7. The van der Waals surface area contributed by atoms with E-state index >= 15 is 0 Å². The fourth-order valence-electron chi connectivity index (χ4n) is 3.45. The summed E-state index contributed by atoms with van der Waals surface area (Å²) in [5, 5.41) is 5.21. The fourth-order valence-corrected chi connectivity index (χ4v) is 4.09. The summed E-state index contributed by atoms with van der Waals surface area (Å²) in [6.45, 7) is 4.53. The lowest BCUT2D eigenvalue weighted by molar-refractivity contribution is 0.0624. The molecule has 0 bridgehead atoms. The number of carbonyl (C=O) groups excluding carboxylic acids is 1. The second kappa shape index (κ2) is 7.53. The predicted molar refractivity (Wildman–Crippen MR) is 105 cm³/mol. The van der Waals surface area contributed by atoms with Gasteiger partial charge in [0.1, 0.15) is 10.7 Å². The smallest absolute Gasteiger partial charge is 0.273 e. The summed E-state index contributed by atoms with van der Waals surface area (Å²) in [5.41, 5.74) is 7.46. The topological polar surface area (TPSA) is 62.5 Å². The van der Waals surface area contributed by atoms with E-state index in [0.29, 0.717) is 12.2 Å². The van der Waals surface area contributed by atoms with Crippen molar-refractivity contribution in [2.24, 2.45) is 5.73 Å². The Balaban J connectivity index is 1.39. The van der Waals surface area contributed by atoms with Crippen LogP contribution in [0.1, 0.15) is 21.1 Å². The summed E-state index contributed by atoms with van der Waals surface area (Å²) in [5.74, 6) is 0.0192. The van der Waals surface area contributed by atoms with Crippen molar-refractivity contribution in [1.82, 2.24) is 14.8 Å². The quantitative estimate of drug-likeness (QED) is 0.771. The second-order valence-corrected chi connectivity index (χ2v) is 7.48. The maximum Gasteiger partial charge on any atom is 0.273 e. The summed E-state index contributed by atoms with van der Waals surface area (Å²) in [6, 6.07) is 15.0. The van der Waals surface area contributed by atoms with Gasteiger partial charge < -0.3 is 10.6 Å². The van der Waals surface area contributed by atoms with Crippen molar-refractivity contribution < 1.29 is 4.79 Å². The summed E-state index contributed by atoms with van der Waals surface area (Å²) in [4.78, 5) is 21.2. The molecule has 2 heterocycles. The molecule has 0 radical (unpaired) electrons. The minimum absolute atomic E-state index is 0.0192. The van der Waals surface area contributed by atoms with Gasteiger partial charge >= 0.3 is 0 Å². The van der Waals surface area contributed by atoms with E-state index in [1.165, 1.54) is 27.7 Å². The number of carbonyl (C=O) groups is 1. The van der Waals surface area contributed by atoms with Crippen LogP contribution in [0.3, 0.4) is 0 Å². The molecule has 1 saturated heterocycles. The molecular formula is C20H22N4OS. The zero-order valence-electron chi connectivity index (χ0n) is 14.6. The Hall–Kier alpha value is -2.28. The van der Waals surface area contributed by atoms with E-state index < -0.39 is 0 Å². The third-order valence-electron chi connectivity index (χ3n) is 4.88. The van der Waals surface area contributed by atoms with Crippen LogP contribution in [0.5, 0.6) is 0 Å². The number of hydrogen-bond donors (Lipinski definition) is 1. The molecule has 0 spiro atoms.